The minimum atomic E-state index is -0.232. The average molecular weight is 488 g/mol. The second-order valence-corrected chi connectivity index (χ2v) is 9.52. The summed E-state index contributed by atoms with van der Waals surface area (Å²) in [4.78, 5) is 33.1. The van der Waals surface area contributed by atoms with Crippen molar-refractivity contribution in [2.45, 2.75) is 38.1 Å². The molecule has 0 radical (unpaired) electrons. The van der Waals surface area contributed by atoms with E-state index in [9.17, 15) is 9.59 Å². The zero-order chi connectivity index (χ0) is 23.7. The van der Waals surface area contributed by atoms with Crippen LogP contribution in [0.15, 0.2) is 46.3 Å². The maximum Gasteiger partial charge on any atom is 0.266 e. The number of carbonyl (C=O) groups is 1. The number of carbonyl (C=O) groups excluding carboxylic acids is 1. The van der Waals surface area contributed by atoms with Gasteiger partial charge in [-0.1, -0.05) is 35.5 Å². The van der Waals surface area contributed by atoms with Gasteiger partial charge >= 0.3 is 0 Å². The van der Waals surface area contributed by atoms with E-state index in [1.165, 1.54) is 23.4 Å². The second-order valence-electron chi connectivity index (χ2n) is 8.17. The van der Waals surface area contributed by atoms with Crippen LogP contribution in [0.3, 0.4) is 0 Å². The maximum atomic E-state index is 13.6. The highest BCUT2D eigenvalue weighted by atomic mass is 35.5. The Morgan fingerprint density at radius 2 is 1.94 bits per heavy atom. The third kappa shape index (κ3) is 4.88. The molecule has 1 aliphatic heterocycles. The number of methoxy groups -OCH3 is 1. The van der Waals surface area contributed by atoms with E-state index in [2.05, 4.69) is 0 Å². The Bertz CT molecular complexity index is 1250. The molecule has 33 heavy (non-hydrogen) atoms. The molecule has 0 bridgehead atoms. The van der Waals surface area contributed by atoms with Crippen molar-refractivity contribution >= 4 is 40.2 Å². The van der Waals surface area contributed by atoms with Crippen LogP contribution >= 0.6 is 23.4 Å². The summed E-state index contributed by atoms with van der Waals surface area (Å²) in [5.41, 5.74) is 1.68. The zero-order valence-electron chi connectivity index (χ0n) is 19.0. The molecule has 2 atom stereocenters. The van der Waals surface area contributed by atoms with Gasteiger partial charge in [0.1, 0.15) is 5.75 Å². The third-order valence-corrected chi connectivity index (χ3v) is 6.87. The molecule has 1 aromatic heterocycles. The number of para-hydroxylation sites is 1. The molecule has 1 fully saturated rings. The van der Waals surface area contributed by atoms with Crippen LogP contribution in [-0.2, 0) is 9.53 Å². The molecule has 0 saturated carbocycles. The summed E-state index contributed by atoms with van der Waals surface area (Å²) in [6.45, 7) is 6.88. The SMILES string of the molecule is COc1cc(Cl)c(C)cc1-n1c(SCC(=O)N2C[C@H](C)O[C@@H](C)C2)nc2ccccc2c1=O. The van der Waals surface area contributed by atoms with Gasteiger partial charge in [-0.3, -0.25) is 14.2 Å². The highest BCUT2D eigenvalue weighted by molar-refractivity contribution is 7.99. The van der Waals surface area contributed by atoms with Crippen LogP contribution in [0, 0.1) is 6.92 Å². The Hall–Kier alpha value is -2.55. The van der Waals surface area contributed by atoms with Crippen LogP contribution in [0.5, 0.6) is 5.75 Å². The highest BCUT2D eigenvalue weighted by Gasteiger charge is 2.26. The first-order valence-electron chi connectivity index (χ1n) is 10.7. The lowest BCUT2D eigenvalue weighted by molar-refractivity contribution is -0.140. The maximum absolute atomic E-state index is 13.6. The van der Waals surface area contributed by atoms with E-state index < -0.39 is 0 Å². The molecule has 3 aromatic rings. The van der Waals surface area contributed by atoms with Crippen LogP contribution in [-0.4, -0.2) is 58.5 Å². The fourth-order valence-corrected chi connectivity index (χ4v) is 5.07. The average Bonchev–Trinajstić information content (AvgIpc) is 2.78. The Morgan fingerprint density at radius 1 is 1.24 bits per heavy atom. The van der Waals surface area contributed by atoms with E-state index in [4.69, 9.17) is 26.1 Å². The summed E-state index contributed by atoms with van der Waals surface area (Å²) in [6.07, 6.45) is -0.0260. The van der Waals surface area contributed by atoms with Crippen molar-refractivity contribution in [2.75, 3.05) is 26.0 Å². The molecule has 2 heterocycles. The van der Waals surface area contributed by atoms with Crippen molar-refractivity contribution in [1.82, 2.24) is 14.5 Å². The molecule has 0 spiro atoms. The second kappa shape index (κ2) is 9.75. The van der Waals surface area contributed by atoms with Crippen LogP contribution in [0.2, 0.25) is 5.02 Å². The van der Waals surface area contributed by atoms with Crippen molar-refractivity contribution in [1.29, 1.82) is 0 Å². The first-order valence-corrected chi connectivity index (χ1v) is 12.1. The Morgan fingerprint density at radius 3 is 2.64 bits per heavy atom. The summed E-state index contributed by atoms with van der Waals surface area (Å²) in [5, 5.41) is 1.44. The summed E-state index contributed by atoms with van der Waals surface area (Å²) >= 11 is 7.53. The molecule has 9 heteroatoms. The van der Waals surface area contributed by atoms with Crippen LogP contribution in [0.1, 0.15) is 19.4 Å². The molecule has 174 valence electrons. The molecule has 0 N–H and O–H groups in total. The molecule has 4 rings (SSSR count). The number of ether oxygens (including phenoxy) is 2. The molecule has 2 aromatic carbocycles. The van der Waals surface area contributed by atoms with Gasteiger partial charge in [0.2, 0.25) is 5.91 Å². The predicted octanol–water partition coefficient (Wildman–Crippen LogP) is 4.08. The van der Waals surface area contributed by atoms with Gasteiger partial charge in [-0.25, -0.2) is 4.98 Å². The number of aromatic nitrogens is 2. The lowest BCUT2D eigenvalue weighted by atomic mass is 10.2. The monoisotopic (exact) mass is 487 g/mol. The fraction of sp³-hybridized carbons (Fsp3) is 0.375. The zero-order valence-corrected chi connectivity index (χ0v) is 20.6. The molecule has 1 aliphatic rings. The summed E-state index contributed by atoms with van der Waals surface area (Å²) in [5.74, 6) is 0.586. The number of thioether (sulfide) groups is 1. The van der Waals surface area contributed by atoms with Gasteiger partial charge in [-0.05, 0) is 44.5 Å². The number of hydrogen-bond acceptors (Lipinski definition) is 6. The fourth-order valence-electron chi connectivity index (χ4n) is 4.01. The largest absolute Gasteiger partial charge is 0.495 e. The van der Waals surface area contributed by atoms with Crippen molar-refractivity contribution in [2.24, 2.45) is 0 Å². The molecular weight excluding hydrogens is 462 g/mol. The number of benzene rings is 2. The first kappa shape index (κ1) is 23.6. The Balaban J connectivity index is 1.76. The Kier molecular flexibility index (Phi) is 6.97. The summed E-state index contributed by atoms with van der Waals surface area (Å²) in [6, 6.07) is 10.7. The van der Waals surface area contributed by atoms with Crippen LogP contribution in [0.4, 0.5) is 0 Å². The van der Waals surface area contributed by atoms with Crippen molar-refractivity contribution in [3.63, 3.8) is 0 Å². The van der Waals surface area contributed by atoms with Crippen LogP contribution in [0.25, 0.3) is 16.6 Å². The molecule has 1 amide bonds. The lowest BCUT2D eigenvalue weighted by Gasteiger charge is -2.35. The number of nitrogens with zero attached hydrogens (tertiary/aromatic N) is 3. The van der Waals surface area contributed by atoms with Crippen molar-refractivity contribution < 1.29 is 14.3 Å². The predicted molar refractivity (Wildman–Crippen MR) is 131 cm³/mol. The summed E-state index contributed by atoms with van der Waals surface area (Å²) in [7, 11) is 1.53. The number of rotatable bonds is 5. The number of fused-ring (bicyclic) bond motifs is 1. The van der Waals surface area contributed by atoms with Gasteiger partial charge in [0.05, 0.1) is 41.7 Å². The molecule has 0 unspecified atom stereocenters. The van der Waals surface area contributed by atoms with E-state index in [1.807, 2.05) is 31.7 Å². The first-order chi connectivity index (χ1) is 15.8. The van der Waals surface area contributed by atoms with Gasteiger partial charge in [0, 0.05) is 24.2 Å². The highest BCUT2D eigenvalue weighted by Crippen LogP contribution is 2.32. The van der Waals surface area contributed by atoms with Gasteiger partial charge < -0.3 is 14.4 Å². The standard InChI is InChI=1S/C24H26ClN3O4S/c1-14-9-20(21(31-4)10-18(14)25)28-23(30)17-7-5-6-8-19(17)26-24(28)33-13-22(29)27-11-15(2)32-16(3)12-27/h5-10,15-16H,11-13H2,1-4H3/t15-,16-/m0/s1. The summed E-state index contributed by atoms with van der Waals surface area (Å²) < 4.78 is 12.8. The van der Waals surface area contributed by atoms with Gasteiger partial charge in [0.15, 0.2) is 5.16 Å². The number of amides is 1. The molecular formula is C24H26ClN3O4S. The smallest absolute Gasteiger partial charge is 0.266 e. The van der Waals surface area contributed by atoms with Gasteiger partial charge in [-0.2, -0.15) is 0 Å². The Labute approximate surface area is 201 Å². The van der Waals surface area contributed by atoms with Gasteiger partial charge in [0.25, 0.3) is 5.56 Å². The third-order valence-electron chi connectivity index (χ3n) is 5.54. The quantitative estimate of drug-likeness (QED) is 0.399. The van der Waals surface area contributed by atoms with Crippen molar-refractivity contribution in [3.05, 3.63) is 57.3 Å². The van der Waals surface area contributed by atoms with E-state index in [-0.39, 0.29) is 29.4 Å². The number of halogens is 1. The molecule has 7 nitrogen and oxygen atoms in total. The number of hydrogen-bond donors (Lipinski definition) is 0. The van der Waals surface area contributed by atoms with E-state index in [0.29, 0.717) is 45.6 Å². The van der Waals surface area contributed by atoms with E-state index in [1.54, 1.807) is 30.3 Å². The van der Waals surface area contributed by atoms with Gasteiger partial charge in [-0.15, -0.1) is 0 Å². The molecule has 0 aliphatic carbocycles. The minimum Gasteiger partial charge on any atom is -0.495 e. The lowest BCUT2D eigenvalue weighted by Crippen LogP contribution is -2.48. The number of aryl methyl sites for hydroxylation is 1. The van der Waals surface area contributed by atoms with Crippen LogP contribution < -0.4 is 10.3 Å². The molecule has 1 saturated heterocycles. The van der Waals surface area contributed by atoms with E-state index in [0.717, 1.165) is 5.56 Å². The van der Waals surface area contributed by atoms with E-state index >= 15 is 0 Å². The van der Waals surface area contributed by atoms with Crippen molar-refractivity contribution in [3.8, 4) is 11.4 Å². The normalized spacial score (nSPS) is 18.5. The minimum absolute atomic E-state index is 0.0130. The number of morpholine rings is 1. The topological polar surface area (TPSA) is 73.7 Å².